The summed E-state index contributed by atoms with van der Waals surface area (Å²) in [6, 6.07) is 5.87. The lowest BCUT2D eigenvalue weighted by Crippen LogP contribution is -2.45. The Kier molecular flexibility index (Phi) is 7.54. The molecular weight excluding hydrogens is 355 g/mol. The van der Waals surface area contributed by atoms with Crippen molar-refractivity contribution in [2.45, 2.75) is 71.1 Å². The lowest BCUT2D eigenvalue weighted by Gasteiger charge is -2.31. The monoisotopic (exact) mass is 390 g/mol. The van der Waals surface area contributed by atoms with Gasteiger partial charge in [-0.1, -0.05) is 25.8 Å². The summed E-state index contributed by atoms with van der Waals surface area (Å²) in [6.45, 7) is 7.03. The zero-order valence-electron chi connectivity index (χ0n) is 17.3. The number of hydrogen-bond acceptors (Lipinski definition) is 3. The van der Waals surface area contributed by atoms with E-state index in [1.807, 2.05) is 17.0 Å². The van der Waals surface area contributed by atoms with Gasteiger partial charge in [0.15, 0.2) is 5.96 Å². The van der Waals surface area contributed by atoms with Crippen LogP contribution in [0.15, 0.2) is 23.2 Å². The van der Waals surface area contributed by atoms with E-state index in [9.17, 15) is 9.50 Å². The summed E-state index contributed by atoms with van der Waals surface area (Å²) < 4.78 is 14.6. The first-order valence-corrected chi connectivity index (χ1v) is 10.8. The number of aliphatic hydroxyl groups excluding tert-OH is 1. The fraction of sp³-hybridized carbons (Fsp3) is 0.682. The van der Waals surface area contributed by atoms with Crippen molar-refractivity contribution in [1.82, 2.24) is 10.6 Å². The average molecular weight is 391 g/mol. The second-order valence-electron chi connectivity index (χ2n) is 8.31. The van der Waals surface area contributed by atoms with Gasteiger partial charge in [-0.2, -0.15) is 0 Å². The number of nitrogens with one attached hydrogen (secondary N) is 2. The summed E-state index contributed by atoms with van der Waals surface area (Å²) in [5, 5.41) is 16.5. The van der Waals surface area contributed by atoms with Crippen molar-refractivity contribution in [2.24, 2.45) is 10.9 Å². The minimum absolute atomic E-state index is 0.205. The molecule has 1 heterocycles. The van der Waals surface area contributed by atoms with Crippen LogP contribution in [0, 0.1) is 11.7 Å². The third-order valence-electron chi connectivity index (χ3n) is 5.86. The van der Waals surface area contributed by atoms with Gasteiger partial charge in [0.1, 0.15) is 5.82 Å². The van der Waals surface area contributed by atoms with Crippen LogP contribution in [0.3, 0.4) is 0 Å². The van der Waals surface area contributed by atoms with E-state index in [1.165, 1.54) is 25.7 Å². The van der Waals surface area contributed by atoms with Gasteiger partial charge in [-0.15, -0.1) is 0 Å². The number of hydrogen-bond donors (Lipinski definition) is 3. The molecule has 1 aliphatic heterocycles. The van der Waals surface area contributed by atoms with Crippen molar-refractivity contribution in [3.8, 4) is 0 Å². The Morgan fingerprint density at radius 2 is 2.04 bits per heavy atom. The number of aliphatic hydroxyl groups is 1. The van der Waals surface area contributed by atoms with Gasteiger partial charge in [0.25, 0.3) is 0 Å². The van der Waals surface area contributed by atoms with Crippen molar-refractivity contribution in [3.63, 3.8) is 0 Å². The smallest absolute Gasteiger partial charge is 0.191 e. The maximum atomic E-state index is 14.6. The van der Waals surface area contributed by atoms with E-state index in [4.69, 9.17) is 0 Å². The molecule has 1 aromatic rings. The minimum atomic E-state index is -0.253. The van der Waals surface area contributed by atoms with E-state index in [0.717, 1.165) is 24.0 Å². The number of benzene rings is 1. The van der Waals surface area contributed by atoms with Gasteiger partial charge in [0.2, 0.25) is 0 Å². The molecule has 2 unspecified atom stereocenters. The molecule has 6 heteroatoms. The highest BCUT2D eigenvalue weighted by atomic mass is 19.1. The van der Waals surface area contributed by atoms with Crippen LogP contribution in [0.25, 0.3) is 0 Å². The quantitative estimate of drug-likeness (QED) is 0.533. The molecule has 0 bridgehead atoms. The molecule has 5 nitrogen and oxygen atoms in total. The molecule has 0 spiro atoms. The third-order valence-corrected chi connectivity index (χ3v) is 5.86. The predicted molar refractivity (Wildman–Crippen MR) is 113 cm³/mol. The van der Waals surface area contributed by atoms with Crippen molar-refractivity contribution < 1.29 is 9.50 Å². The third kappa shape index (κ3) is 5.84. The number of guanidine groups is 1. The van der Waals surface area contributed by atoms with Crippen LogP contribution in [-0.4, -0.2) is 42.8 Å². The molecular formula is C22H35FN4O. The number of halogens is 1. The first kappa shape index (κ1) is 20.9. The molecule has 156 valence electrons. The molecule has 0 aromatic heterocycles. The molecule has 1 aliphatic carbocycles. The molecule has 0 amide bonds. The highest BCUT2D eigenvalue weighted by Gasteiger charge is 2.21. The van der Waals surface area contributed by atoms with E-state index >= 15 is 0 Å². The Balaban J connectivity index is 1.61. The van der Waals surface area contributed by atoms with Gasteiger partial charge in [-0.25, -0.2) is 9.38 Å². The molecule has 0 radical (unpaired) electrons. The van der Waals surface area contributed by atoms with E-state index in [2.05, 4.69) is 29.5 Å². The molecule has 2 aliphatic rings. The van der Waals surface area contributed by atoms with Crippen LogP contribution >= 0.6 is 0 Å². The van der Waals surface area contributed by atoms with E-state index in [-0.39, 0.29) is 11.9 Å². The summed E-state index contributed by atoms with van der Waals surface area (Å²) in [4.78, 5) is 6.70. The molecule has 28 heavy (non-hydrogen) atoms. The van der Waals surface area contributed by atoms with Crippen molar-refractivity contribution >= 4 is 11.6 Å². The second kappa shape index (κ2) is 10.1. The molecule has 3 N–H and O–H groups in total. The van der Waals surface area contributed by atoms with Gasteiger partial charge in [-0.05, 0) is 56.2 Å². The Hall–Kier alpha value is -1.82. The fourth-order valence-corrected chi connectivity index (χ4v) is 4.26. The number of nitrogens with zero attached hydrogens (tertiary/aromatic N) is 2. The highest BCUT2D eigenvalue weighted by molar-refractivity contribution is 5.80. The van der Waals surface area contributed by atoms with Crippen LogP contribution in [0.4, 0.5) is 10.1 Å². The number of aliphatic imine (C=N–C) groups is 1. The molecule has 1 saturated heterocycles. The van der Waals surface area contributed by atoms with Crippen LogP contribution in [0.1, 0.15) is 57.9 Å². The van der Waals surface area contributed by atoms with Crippen LogP contribution in [-0.2, 0) is 6.54 Å². The second-order valence-corrected chi connectivity index (χ2v) is 8.31. The predicted octanol–water partition coefficient (Wildman–Crippen LogP) is 3.42. The fourth-order valence-electron chi connectivity index (χ4n) is 4.26. The van der Waals surface area contributed by atoms with Crippen molar-refractivity contribution in [2.75, 3.05) is 24.5 Å². The van der Waals surface area contributed by atoms with Crippen LogP contribution in [0.2, 0.25) is 0 Å². The van der Waals surface area contributed by atoms with Crippen LogP contribution < -0.4 is 15.5 Å². The summed E-state index contributed by atoms with van der Waals surface area (Å²) >= 11 is 0. The van der Waals surface area contributed by atoms with E-state index in [1.54, 1.807) is 6.07 Å². The number of anilines is 1. The Labute approximate surface area is 168 Å². The first-order valence-electron chi connectivity index (χ1n) is 10.8. The minimum Gasteiger partial charge on any atom is -0.393 e. The normalized spacial score (nSPS) is 24.3. The molecule has 2 fully saturated rings. The Morgan fingerprint density at radius 1 is 1.25 bits per heavy atom. The number of piperidine rings is 1. The lowest BCUT2D eigenvalue weighted by molar-refractivity contribution is 0.145. The van der Waals surface area contributed by atoms with Gasteiger partial charge >= 0.3 is 0 Å². The van der Waals surface area contributed by atoms with Crippen LogP contribution in [0.5, 0.6) is 0 Å². The van der Waals surface area contributed by atoms with Gasteiger partial charge < -0.3 is 20.6 Å². The molecule has 1 saturated carbocycles. The summed E-state index contributed by atoms with van der Waals surface area (Å²) in [5.41, 5.74) is 1.49. The molecule has 2 atom stereocenters. The lowest BCUT2D eigenvalue weighted by atomic mass is 9.87. The zero-order chi connectivity index (χ0) is 19.9. The van der Waals surface area contributed by atoms with Crippen molar-refractivity contribution in [1.29, 1.82) is 0 Å². The zero-order valence-corrected chi connectivity index (χ0v) is 17.3. The summed E-state index contributed by atoms with van der Waals surface area (Å²) in [5.74, 6) is 1.37. The maximum Gasteiger partial charge on any atom is 0.191 e. The average Bonchev–Trinajstić information content (AvgIpc) is 2.67. The molecule has 1 aromatic carbocycles. The Bertz CT molecular complexity index is 658. The topological polar surface area (TPSA) is 59.9 Å². The van der Waals surface area contributed by atoms with Gasteiger partial charge in [0, 0.05) is 25.7 Å². The van der Waals surface area contributed by atoms with E-state index < -0.39 is 0 Å². The Morgan fingerprint density at radius 3 is 2.71 bits per heavy atom. The highest BCUT2D eigenvalue weighted by Crippen LogP contribution is 2.25. The van der Waals surface area contributed by atoms with Gasteiger partial charge in [0.05, 0.1) is 18.3 Å². The first-order chi connectivity index (χ1) is 13.5. The largest absolute Gasteiger partial charge is 0.393 e. The molecule has 3 rings (SSSR count). The summed E-state index contributed by atoms with van der Waals surface area (Å²) in [6.07, 6.45) is 6.08. The van der Waals surface area contributed by atoms with Crippen molar-refractivity contribution in [3.05, 3.63) is 29.6 Å². The SMILES string of the molecule is CCNC(=NCc1ccc(N2CCC(O)CC2)c(F)c1)NC1CCCC(C)C1. The summed E-state index contributed by atoms with van der Waals surface area (Å²) in [7, 11) is 0. The van der Waals surface area contributed by atoms with Gasteiger partial charge in [-0.3, -0.25) is 0 Å². The number of rotatable bonds is 5. The van der Waals surface area contributed by atoms with E-state index in [0.29, 0.717) is 44.2 Å². The maximum absolute atomic E-state index is 14.6. The standard InChI is InChI=1S/C22H35FN4O/c1-3-24-22(26-18-6-4-5-16(2)13-18)25-15-17-7-8-21(20(23)14-17)27-11-9-19(28)10-12-27/h7-8,14,16,18-19,28H,3-6,9-13,15H2,1-2H3,(H2,24,25,26).